The lowest BCUT2D eigenvalue weighted by molar-refractivity contribution is -0.00559. The van der Waals surface area contributed by atoms with Crippen LogP contribution in [0, 0.1) is 0 Å². The van der Waals surface area contributed by atoms with Gasteiger partial charge in [-0.2, -0.15) is 0 Å². The van der Waals surface area contributed by atoms with Crippen LogP contribution in [0.4, 0.5) is 0 Å². The van der Waals surface area contributed by atoms with Crippen LogP contribution in [0.15, 0.2) is 24.3 Å². The number of methoxy groups -OCH3 is 2. The number of fused-ring (bicyclic) bond motifs is 1. The van der Waals surface area contributed by atoms with Gasteiger partial charge in [-0.25, -0.2) is 19.2 Å². The maximum absolute atomic E-state index is 14.2. The SMILES string of the molecule is CCCCCCCCCCCCCCCCCCOC(=O)c1ccc(C(=O)OCCOCCOCCOCCOC)c2c(C(=O)OCCCCCCCCCCCCCCCCCC)ccc(C(=O)OCCOCCOCCOCCOC)c12. The molecule has 2 rings (SSSR count). The number of benzene rings is 2. The third-order valence-corrected chi connectivity index (χ3v) is 14.8. The van der Waals surface area contributed by atoms with Crippen molar-refractivity contribution in [2.45, 2.75) is 219 Å². The van der Waals surface area contributed by atoms with E-state index >= 15 is 0 Å². The molecule has 0 amide bonds. The number of hydrogen-bond donors (Lipinski definition) is 0. The molecule has 0 atom stereocenters. The topological polar surface area (TPSA) is 179 Å². The molecule has 16 nitrogen and oxygen atoms in total. The summed E-state index contributed by atoms with van der Waals surface area (Å²) in [7, 11) is 3.23. The van der Waals surface area contributed by atoms with Crippen molar-refractivity contribution in [3.8, 4) is 0 Å². The molecule has 484 valence electrons. The molecule has 0 heterocycles. The molecule has 0 N–H and O–H groups in total. The van der Waals surface area contributed by atoms with Gasteiger partial charge in [0.25, 0.3) is 0 Å². The molecule has 0 unspecified atom stereocenters. The lowest BCUT2D eigenvalue weighted by Crippen LogP contribution is -2.18. The Bertz CT molecular complexity index is 1760. The van der Waals surface area contributed by atoms with Crippen LogP contribution in [0.3, 0.4) is 0 Å². The quantitative estimate of drug-likeness (QED) is 0.0346. The summed E-state index contributed by atoms with van der Waals surface area (Å²) in [6.45, 7) is 9.57. The normalized spacial score (nSPS) is 11.4. The molecule has 2 aromatic carbocycles. The number of ether oxygens (including phenoxy) is 12. The summed E-state index contributed by atoms with van der Waals surface area (Å²) in [6, 6.07) is 5.75. The third-order valence-electron chi connectivity index (χ3n) is 14.8. The largest absolute Gasteiger partial charge is 0.462 e. The van der Waals surface area contributed by atoms with Crippen LogP contribution < -0.4 is 0 Å². The molecule has 0 fully saturated rings. The van der Waals surface area contributed by atoms with Crippen LogP contribution in [0.1, 0.15) is 261 Å². The highest BCUT2D eigenvalue weighted by molar-refractivity contribution is 6.22. The van der Waals surface area contributed by atoms with Crippen LogP contribution in [-0.2, 0) is 56.8 Å². The summed E-state index contributed by atoms with van der Waals surface area (Å²) in [6.07, 6.45) is 39.1. The van der Waals surface area contributed by atoms with E-state index in [0.717, 1.165) is 38.5 Å². The Kier molecular flexibility index (Phi) is 51.8. The Labute approximate surface area is 507 Å². The highest BCUT2D eigenvalue weighted by Gasteiger charge is 2.28. The van der Waals surface area contributed by atoms with E-state index in [1.165, 1.54) is 178 Å². The van der Waals surface area contributed by atoms with Gasteiger partial charge in [-0.05, 0) is 37.1 Å². The molecule has 0 aromatic heterocycles. The van der Waals surface area contributed by atoms with Gasteiger partial charge in [-0.15, -0.1) is 0 Å². The van der Waals surface area contributed by atoms with Crippen LogP contribution >= 0.6 is 0 Å². The molecular formula is C68H116O16. The van der Waals surface area contributed by atoms with E-state index in [9.17, 15) is 19.2 Å². The van der Waals surface area contributed by atoms with Crippen molar-refractivity contribution in [1.29, 1.82) is 0 Å². The second kappa shape index (κ2) is 57.0. The minimum Gasteiger partial charge on any atom is -0.462 e. The first-order valence-electron chi connectivity index (χ1n) is 33.1. The number of rotatable bonds is 62. The average Bonchev–Trinajstić information content (AvgIpc) is 1.15. The van der Waals surface area contributed by atoms with Crippen LogP contribution in [0.5, 0.6) is 0 Å². The molecule has 16 heteroatoms. The van der Waals surface area contributed by atoms with Crippen molar-refractivity contribution < 1.29 is 76.0 Å². The minimum atomic E-state index is -0.782. The molecule has 2 aromatic rings. The summed E-state index contributed by atoms with van der Waals surface area (Å²) in [4.78, 5) is 56.6. The Morgan fingerprint density at radius 1 is 0.238 bits per heavy atom. The summed E-state index contributed by atoms with van der Waals surface area (Å²) >= 11 is 0. The molecule has 0 aliphatic rings. The van der Waals surface area contributed by atoms with E-state index in [-0.39, 0.29) is 85.9 Å². The number of esters is 4. The van der Waals surface area contributed by atoms with E-state index in [1.54, 1.807) is 14.2 Å². The molecule has 0 saturated heterocycles. The summed E-state index contributed by atoms with van der Waals surface area (Å²) in [5, 5.41) is 0.0647. The predicted molar refractivity (Wildman–Crippen MR) is 333 cm³/mol. The second-order valence-corrected chi connectivity index (χ2v) is 21.9. The molecule has 0 bridgehead atoms. The first kappa shape index (κ1) is 76.4. The maximum atomic E-state index is 14.2. The summed E-state index contributed by atoms with van der Waals surface area (Å²) < 4.78 is 66.4. The van der Waals surface area contributed by atoms with Gasteiger partial charge < -0.3 is 56.8 Å². The molecular weight excluding hydrogens is 1070 g/mol. The van der Waals surface area contributed by atoms with Gasteiger partial charge >= 0.3 is 23.9 Å². The van der Waals surface area contributed by atoms with Gasteiger partial charge in [0.2, 0.25) is 0 Å². The smallest absolute Gasteiger partial charge is 0.338 e. The molecule has 0 aliphatic carbocycles. The van der Waals surface area contributed by atoms with Gasteiger partial charge in [0.15, 0.2) is 0 Å². The monoisotopic (exact) mass is 1190 g/mol. The zero-order valence-corrected chi connectivity index (χ0v) is 53.2. The summed E-state index contributed by atoms with van der Waals surface area (Å²) in [5.74, 6) is -2.96. The van der Waals surface area contributed by atoms with Gasteiger partial charge in [-0.1, -0.05) is 206 Å². The van der Waals surface area contributed by atoms with E-state index in [0.29, 0.717) is 78.9 Å². The molecule has 0 radical (unpaired) electrons. The van der Waals surface area contributed by atoms with E-state index in [2.05, 4.69) is 13.8 Å². The Hall–Kier alpha value is -3.74. The molecule has 84 heavy (non-hydrogen) atoms. The highest BCUT2D eigenvalue weighted by atomic mass is 16.6. The van der Waals surface area contributed by atoms with Crippen molar-refractivity contribution in [2.24, 2.45) is 0 Å². The van der Waals surface area contributed by atoms with Crippen molar-refractivity contribution >= 4 is 34.6 Å². The van der Waals surface area contributed by atoms with Crippen LogP contribution in [0.25, 0.3) is 10.8 Å². The summed E-state index contributed by atoms with van der Waals surface area (Å²) in [5.41, 5.74) is -0.0610. The fourth-order valence-electron chi connectivity index (χ4n) is 9.87. The van der Waals surface area contributed by atoms with Crippen LogP contribution in [-0.4, -0.2) is 157 Å². The molecule has 0 aliphatic heterocycles. The van der Waals surface area contributed by atoms with Gasteiger partial charge in [0, 0.05) is 25.0 Å². The zero-order valence-electron chi connectivity index (χ0n) is 53.2. The number of hydrogen-bond acceptors (Lipinski definition) is 16. The third kappa shape index (κ3) is 39.9. The second-order valence-electron chi connectivity index (χ2n) is 21.9. The Morgan fingerprint density at radius 2 is 0.417 bits per heavy atom. The van der Waals surface area contributed by atoms with Crippen molar-refractivity contribution in [3.63, 3.8) is 0 Å². The standard InChI is InChI=1S/C68H116O16/c1-5-7-9-11-13-15-17-19-21-23-25-27-29-31-33-35-41-81-65(69)59-37-39-62(68(72)84-58-56-80-54-52-78-50-48-76-46-44-74-4)64-60(66(70)82-42-36-34-32-30-28-26-24-22-20-18-16-14-12-10-8-6-2)38-40-61(63(59)64)67(71)83-57-55-79-53-51-77-49-47-75-45-43-73-3/h37-40H,5-36,41-58H2,1-4H3. The number of unbranched alkanes of at least 4 members (excludes halogenated alkanes) is 30. The van der Waals surface area contributed by atoms with Crippen molar-refractivity contribution in [1.82, 2.24) is 0 Å². The maximum Gasteiger partial charge on any atom is 0.338 e. The van der Waals surface area contributed by atoms with E-state index < -0.39 is 23.9 Å². The van der Waals surface area contributed by atoms with Crippen LogP contribution in [0.2, 0.25) is 0 Å². The fourth-order valence-corrected chi connectivity index (χ4v) is 9.87. The van der Waals surface area contributed by atoms with Crippen molar-refractivity contribution in [3.05, 3.63) is 46.5 Å². The van der Waals surface area contributed by atoms with E-state index in [1.807, 2.05) is 0 Å². The Balaban J connectivity index is 2.17. The highest BCUT2D eigenvalue weighted by Crippen LogP contribution is 2.33. The minimum absolute atomic E-state index is 0.00414. The average molecular weight is 1190 g/mol. The lowest BCUT2D eigenvalue weighted by atomic mass is 9.91. The molecule has 0 spiro atoms. The van der Waals surface area contributed by atoms with Gasteiger partial charge in [0.05, 0.1) is 128 Å². The fraction of sp³-hybridized carbons (Fsp3) is 0.794. The molecule has 0 saturated carbocycles. The lowest BCUT2D eigenvalue weighted by Gasteiger charge is -2.17. The van der Waals surface area contributed by atoms with E-state index in [4.69, 9.17) is 56.8 Å². The van der Waals surface area contributed by atoms with Crippen molar-refractivity contribution in [2.75, 3.05) is 133 Å². The number of carbonyl (C=O) groups is 4. The zero-order chi connectivity index (χ0) is 60.4. The van der Waals surface area contributed by atoms with Gasteiger partial charge in [0.1, 0.15) is 13.2 Å². The number of carbonyl (C=O) groups excluding carboxylic acids is 4. The first-order valence-corrected chi connectivity index (χ1v) is 33.1. The Morgan fingerprint density at radius 3 is 0.631 bits per heavy atom. The predicted octanol–water partition coefficient (Wildman–Crippen LogP) is 15.4. The van der Waals surface area contributed by atoms with Gasteiger partial charge in [-0.3, -0.25) is 0 Å². The first-order chi connectivity index (χ1) is 41.4.